The van der Waals surface area contributed by atoms with E-state index < -0.39 is 0 Å². The zero-order valence-corrected chi connectivity index (χ0v) is 9.44. The molecule has 3 rings (SSSR count). The Kier molecular flexibility index (Phi) is 2.10. The van der Waals surface area contributed by atoms with E-state index in [-0.39, 0.29) is 0 Å². The third kappa shape index (κ3) is 1.22. The summed E-state index contributed by atoms with van der Waals surface area (Å²) in [7, 11) is 2.10. The van der Waals surface area contributed by atoms with Crippen LogP contribution in [0.3, 0.4) is 0 Å². The zero-order valence-electron chi connectivity index (χ0n) is 9.44. The molecule has 0 unspecified atom stereocenters. The van der Waals surface area contributed by atoms with Crippen molar-refractivity contribution >= 4 is 17.2 Å². The highest BCUT2D eigenvalue weighted by Gasteiger charge is 2.23. The van der Waals surface area contributed by atoms with Gasteiger partial charge in [0.15, 0.2) is 6.29 Å². The second-order valence-electron chi connectivity index (χ2n) is 4.65. The minimum atomic E-state index is 0.705. The summed E-state index contributed by atoms with van der Waals surface area (Å²) in [6.07, 6.45) is 4.88. The van der Waals surface area contributed by atoms with Gasteiger partial charge in [0, 0.05) is 29.2 Å². The lowest BCUT2D eigenvalue weighted by Gasteiger charge is -2.26. The maximum absolute atomic E-state index is 11.0. The Morgan fingerprint density at radius 3 is 2.81 bits per heavy atom. The third-order valence-electron chi connectivity index (χ3n) is 3.81. The van der Waals surface area contributed by atoms with E-state index in [1.165, 1.54) is 30.5 Å². The van der Waals surface area contributed by atoms with Gasteiger partial charge in [-0.05, 0) is 30.9 Å². The van der Waals surface area contributed by atoms with E-state index in [1.54, 1.807) is 0 Å². The first kappa shape index (κ1) is 9.64. The van der Waals surface area contributed by atoms with Crippen LogP contribution in [0.1, 0.15) is 41.2 Å². The van der Waals surface area contributed by atoms with E-state index in [0.717, 1.165) is 17.2 Å². The number of hydrogen-bond donors (Lipinski definition) is 0. The Labute approximate surface area is 94.9 Å². The molecule has 1 fully saturated rings. The molecule has 0 radical (unpaired) electrons. The SMILES string of the molecule is Cn1c(C2CCC2)cc2c(C=O)cccc21. The normalized spacial score (nSPS) is 16.3. The Morgan fingerprint density at radius 2 is 2.19 bits per heavy atom. The van der Waals surface area contributed by atoms with E-state index >= 15 is 0 Å². The Bertz CT molecular complexity index is 549. The number of benzene rings is 1. The highest BCUT2D eigenvalue weighted by molar-refractivity contribution is 5.97. The summed E-state index contributed by atoms with van der Waals surface area (Å²) in [6, 6.07) is 8.13. The predicted molar refractivity (Wildman–Crippen MR) is 64.9 cm³/mol. The average Bonchev–Trinajstić information content (AvgIpc) is 2.55. The molecule has 82 valence electrons. The summed E-state index contributed by atoms with van der Waals surface area (Å²) in [5.41, 5.74) is 3.36. The molecule has 0 amide bonds. The number of hydrogen-bond acceptors (Lipinski definition) is 1. The molecule has 2 heteroatoms. The van der Waals surface area contributed by atoms with E-state index in [4.69, 9.17) is 0 Å². The summed E-state index contributed by atoms with van der Waals surface area (Å²) in [5, 5.41) is 1.10. The van der Waals surface area contributed by atoms with Gasteiger partial charge in [0.25, 0.3) is 0 Å². The maximum Gasteiger partial charge on any atom is 0.150 e. The van der Waals surface area contributed by atoms with Crippen LogP contribution in [0.5, 0.6) is 0 Å². The lowest BCUT2D eigenvalue weighted by atomic mass is 9.83. The lowest BCUT2D eigenvalue weighted by Crippen LogP contribution is -2.12. The number of carbonyl (C=O) groups excluding carboxylic acids is 1. The van der Waals surface area contributed by atoms with E-state index in [2.05, 4.69) is 23.7 Å². The second kappa shape index (κ2) is 3.48. The van der Waals surface area contributed by atoms with Gasteiger partial charge >= 0.3 is 0 Å². The number of nitrogens with zero attached hydrogens (tertiary/aromatic N) is 1. The van der Waals surface area contributed by atoms with Gasteiger partial charge in [-0.3, -0.25) is 4.79 Å². The second-order valence-corrected chi connectivity index (χ2v) is 4.65. The molecule has 2 nitrogen and oxygen atoms in total. The summed E-state index contributed by atoms with van der Waals surface area (Å²) in [6.45, 7) is 0. The molecule has 0 bridgehead atoms. The maximum atomic E-state index is 11.0. The number of aryl methyl sites for hydroxylation is 1. The monoisotopic (exact) mass is 213 g/mol. The van der Waals surface area contributed by atoms with Gasteiger partial charge in [-0.15, -0.1) is 0 Å². The molecule has 0 saturated heterocycles. The molecule has 1 aliphatic carbocycles. The predicted octanol–water partition coefficient (Wildman–Crippen LogP) is 3.26. The quantitative estimate of drug-likeness (QED) is 0.702. The smallest absolute Gasteiger partial charge is 0.150 e. The molecule has 1 aromatic heterocycles. The molecular weight excluding hydrogens is 198 g/mol. The highest BCUT2D eigenvalue weighted by atomic mass is 16.1. The fourth-order valence-electron chi connectivity index (χ4n) is 2.60. The minimum absolute atomic E-state index is 0.705. The van der Waals surface area contributed by atoms with Gasteiger partial charge in [-0.25, -0.2) is 0 Å². The number of aromatic nitrogens is 1. The van der Waals surface area contributed by atoms with Crippen LogP contribution in [0.15, 0.2) is 24.3 Å². The van der Waals surface area contributed by atoms with Gasteiger partial charge < -0.3 is 4.57 Å². The molecule has 1 aromatic carbocycles. The van der Waals surface area contributed by atoms with Crippen LogP contribution in [0, 0.1) is 0 Å². The van der Waals surface area contributed by atoms with Crippen molar-refractivity contribution in [2.24, 2.45) is 7.05 Å². The van der Waals surface area contributed by atoms with Crippen molar-refractivity contribution in [1.82, 2.24) is 4.57 Å². The minimum Gasteiger partial charge on any atom is -0.347 e. The first-order chi connectivity index (χ1) is 7.81. The van der Waals surface area contributed by atoms with Crippen molar-refractivity contribution in [2.75, 3.05) is 0 Å². The van der Waals surface area contributed by atoms with Crippen LogP contribution < -0.4 is 0 Å². The fraction of sp³-hybridized carbons (Fsp3) is 0.357. The standard InChI is InChI=1S/C14H15NO/c1-15-13-7-3-6-11(9-16)12(13)8-14(15)10-4-2-5-10/h3,6-10H,2,4-5H2,1H3. The summed E-state index contributed by atoms with van der Waals surface area (Å²) < 4.78 is 2.24. The number of aldehydes is 1. The van der Waals surface area contributed by atoms with Gasteiger partial charge in [0.1, 0.15) is 0 Å². The van der Waals surface area contributed by atoms with Crippen LogP contribution in [0.4, 0.5) is 0 Å². The first-order valence-corrected chi connectivity index (χ1v) is 5.85. The lowest BCUT2D eigenvalue weighted by molar-refractivity contribution is 0.112. The molecule has 16 heavy (non-hydrogen) atoms. The van der Waals surface area contributed by atoms with E-state index in [1.807, 2.05) is 12.1 Å². The van der Waals surface area contributed by atoms with E-state index in [0.29, 0.717) is 5.92 Å². The van der Waals surface area contributed by atoms with Crippen molar-refractivity contribution in [3.63, 3.8) is 0 Å². The van der Waals surface area contributed by atoms with E-state index in [9.17, 15) is 4.79 Å². The van der Waals surface area contributed by atoms with Crippen LogP contribution in [0.2, 0.25) is 0 Å². The van der Waals surface area contributed by atoms with Gasteiger partial charge in [0.05, 0.1) is 0 Å². The molecule has 0 atom stereocenters. The molecule has 2 aromatic rings. The number of rotatable bonds is 2. The fourth-order valence-corrected chi connectivity index (χ4v) is 2.60. The average molecular weight is 213 g/mol. The summed E-state index contributed by atoms with van der Waals surface area (Å²) >= 11 is 0. The van der Waals surface area contributed by atoms with Crippen LogP contribution in [0.25, 0.3) is 10.9 Å². The number of carbonyl (C=O) groups is 1. The van der Waals surface area contributed by atoms with Crippen molar-refractivity contribution in [2.45, 2.75) is 25.2 Å². The van der Waals surface area contributed by atoms with Crippen molar-refractivity contribution in [3.05, 3.63) is 35.5 Å². The number of fused-ring (bicyclic) bond motifs is 1. The summed E-state index contributed by atoms with van der Waals surface area (Å²) in [5.74, 6) is 0.705. The van der Waals surface area contributed by atoms with Gasteiger partial charge in [0.2, 0.25) is 0 Å². The topological polar surface area (TPSA) is 22.0 Å². The highest BCUT2D eigenvalue weighted by Crippen LogP contribution is 2.38. The molecule has 0 spiro atoms. The Morgan fingerprint density at radius 1 is 1.38 bits per heavy atom. The molecular formula is C14H15NO. The molecule has 0 N–H and O–H groups in total. The zero-order chi connectivity index (χ0) is 11.1. The Balaban J connectivity index is 2.24. The largest absolute Gasteiger partial charge is 0.347 e. The van der Waals surface area contributed by atoms with Crippen molar-refractivity contribution < 1.29 is 4.79 Å². The van der Waals surface area contributed by atoms with Gasteiger partial charge in [-0.1, -0.05) is 18.6 Å². The first-order valence-electron chi connectivity index (χ1n) is 5.85. The van der Waals surface area contributed by atoms with Gasteiger partial charge in [-0.2, -0.15) is 0 Å². The molecule has 1 heterocycles. The molecule has 1 saturated carbocycles. The van der Waals surface area contributed by atoms with Crippen LogP contribution in [-0.2, 0) is 7.05 Å². The van der Waals surface area contributed by atoms with Crippen molar-refractivity contribution in [3.8, 4) is 0 Å². The summed E-state index contributed by atoms with van der Waals surface area (Å²) in [4.78, 5) is 11.0. The Hall–Kier alpha value is -1.57. The molecule has 1 aliphatic rings. The third-order valence-corrected chi connectivity index (χ3v) is 3.81. The van der Waals surface area contributed by atoms with Crippen LogP contribution in [-0.4, -0.2) is 10.9 Å². The molecule has 0 aliphatic heterocycles. The van der Waals surface area contributed by atoms with Crippen LogP contribution >= 0.6 is 0 Å². The van der Waals surface area contributed by atoms with Crippen molar-refractivity contribution in [1.29, 1.82) is 0 Å².